The summed E-state index contributed by atoms with van der Waals surface area (Å²) in [5.74, 6) is 0.188. The normalized spacial score (nSPS) is 15.6. The Balaban J connectivity index is 1.55. The van der Waals surface area contributed by atoms with Crippen LogP contribution in [0.25, 0.3) is 0 Å². The molecule has 2 aromatic rings. The van der Waals surface area contributed by atoms with Gasteiger partial charge in [-0.3, -0.25) is 4.79 Å². The van der Waals surface area contributed by atoms with Crippen molar-refractivity contribution in [2.75, 3.05) is 19.7 Å². The van der Waals surface area contributed by atoms with Crippen LogP contribution in [0.5, 0.6) is 5.75 Å². The number of carbonyl (C=O) groups is 1. The van der Waals surface area contributed by atoms with Crippen molar-refractivity contribution in [2.45, 2.75) is 23.0 Å². The molecule has 8 heteroatoms. The van der Waals surface area contributed by atoms with E-state index in [1.54, 1.807) is 53.4 Å². The molecular formula is C19H19Cl2NO4S. The van der Waals surface area contributed by atoms with Gasteiger partial charge in [0.25, 0.3) is 5.91 Å². The maximum absolute atomic E-state index is 12.7. The first-order chi connectivity index (χ1) is 12.9. The second-order valence-electron chi connectivity index (χ2n) is 6.30. The van der Waals surface area contributed by atoms with Gasteiger partial charge in [0.15, 0.2) is 16.4 Å². The van der Waals surface area contributed by atoms with E-state index >= 15 is 0 Å². The van der Waals surface area contributed by atoms with E-state index in [1.165, 1.54) is 0 Å². The lowest BCUT2D eigenvalue weighted by molar-refractivity contribution is -0.134. The number of hydrogen-bond acceptors (Lipinski definition) is 4. The summed E-state index contributed by atoms with van der Waals surface area (Å²) in [6.45, 7) is 0.609. The van der Waals surface area contributed by atoms with Crippen LogP contribution in [-0.4, -0.2) is 44.2 Å². The van der Waals surface area contributed by atoms with Gasteiger partial charge in [0, 0.05) is 18.1 Å². The predicted molar refractivity (Wildman–Crippen MR) is 105 cm³/mol. The van der Waals surface area contributed by atoms with Gasteiger partial charge in [-0.1, -0.05) is 41.4 Å². The molecule has 0 unspecified atom stereocenters. The molecule has 5 nitrogen and oxygen atoms in total. The van der Waals surface area contributed by atoms with E-state index in [0.29, 0.717) is 46.6 Å². The summed E-state index contributed by atoms with van der Waals surface area (Å²) in [6.07, 6.45) is 0.815. The molecule has 0 atom stereocenters. The van der Waals surface area contributed by atoms with Gasteiger partial charge in [0.2, 0.25) is 0 Å². The standard InChI is InChI=1S/C19H19Cl2NO4S/c20-14-6-7-18(17(21)12-14)26-13-19(23)22-10-8-16(9-11-22)27(24,25)15-4-2-1-3-5-15/h1-7,12,16H,8-11,13H2. The first kappa shape index (κ1) is 20.0. The maximum Gasteiger partial charge on any atom is 0.260 e. The van der Waals surface area contributed by atoms with Gasteiger partial charge in [-0.15, -0.1) is 0 Å². The summed E-state index contributed by atoms with van der Waals surface area (Å²) >= 11 is 11.9. The van der Waals surface area contributed by atoms with Gasteiger partial charge in [-0.2, -0.15) is 0 Å². The molecular weight excluding hydrogens is 409 g/mol. The van der Waals surface area contributed by atoms with E-state index in [2.05, 4.69) is 0 Å². The Morgan fingerprint density at radius 3 is 2.37 bits per heavy atom. The number of piperidine rings is 1. The Hall–Kier alpha value is -1.76. The van der Waals surface area contributed by atoms with Crippen LogP contribution in [-0.2, 0) is 14.6 Å². The van der Waals surface area contributed by atoms with Crippen LogP contribution in [0.3, 0.4) is 0 Å². The molecule has 0 bridgehead atoms. The van der Waals surface area contributed by atoms with Crippen molar-refractivity contribution in [1.82, 2.24) is 4.90 Å². The number of nitrogens with zero attached hydrogens (tertiary/aromatic N) is 1. The van der Waals surface area contributed by atoms with Crippen molar-refractivity contribution >= 4 is 38.9 Å². The average Bonchev–Trinajstić information content (AvgIpc) is 2.68. The van der Waals surface area contributed by atoms with E-state index < -0.39 is 15.1 Å². The van der Waals surface area contributed by atoms with Gasteiger partial charge < -0.3 is 9.64 Å². The first-order valence-electron chi connectivity index (χ1n) is 8.52. The van der Waals surface area contributed by atoms with Crippen LogP contribution in [0.15, 0.2) is 53.4 Å². The molecule has 1 amide bonds. The number of ether oxygens (including phenoxy) is 1. The minimum Gasteiger partial charge on any atom is -0.482 e. The molecule has 3 rings (SSSR count). The molecule has 1 fully saturated rings. The Kier molecular flexibility index (Phi) is 6.29. The molecule has 1 aliphatic heterocycles. The van der Waals surface area contributed by atoms with Crippen LogP contribution in [0.1, 0.15) is 12.8 Å². The Morgan fingerprint density at radius 1 is 1.07 bits per heavy atom. The molecule has 0 N–H and O–H groups in total. The van der Waals surface area contributed by atoms with Gasteiger partial charge in [-0.25, -0.2) is 8.42 Å². The van der Waals surface area contributed by atoms with Crippen LogP contribution in [0.4, 0.5) is 0 Å². The third-order valence-electron chi connectivity index (χ3n) is 4.55. The minimum absolute atomic E-state index is 0.155. The van der Waals surface area contributed by atoms with E-state index in [9.17, 15) is 13.2 Å². The molecule has 0 aliphatic carbocycles. The first-order valence-corrected chi connectivity index (χ1v) is 10.8. The van der Waals surface area contributed by atoms with E-state index in [-0.39, 0.29) is 12.5 Å². The smallest absolute Gasteiger partial charge is 0.260 e. The summed E-state index contributed by atoms with van der Waals surface area (Å²) in [5, 5.41) is 0.346. The summed E-state index contributed by atoms with van der Waals surface area (Å²) in [5.41, 5.74) is 0. The SMILES string of the molecule is O=C(COc1ccc(Cl)cc1Cl)N1CCC(S(=O)(=O)c2ccccc2)CC1. The predicted octanol–water partition coefficient (Wildman–Crippen LogP) is 3.84. The Bertz CT molecular complexity index is 911. The van der Waals surface area contributed by atoms with Crippen molar-refractivity contribution in [3.8, 4) is 5.75 Å². The topological polar surface area (TPSA) is 63.7 Å². The molecule has 1 saturated heterocycles. The van der Waals surface area contributed by atoms with E-state index in [1.807, 2.05) is 0 Å². The zero-order valence-corrected chi connectivity index (χ0v) is 16.8. The highest BCUT2D eigenvalue weighted by atomic mass is 35.5. The molecule has 1 heterocycles. The number of benzene rings is 2. The summed E-state index contributed by atoms with van der Waals surface area (Å²) in [6, 6.07) is 13.2. The lowest BCUT2D eigenvalue weighted by Gasteiger charge is -2.31. The number of likely N-dealkylation sites (tertiary alicyclic amines) is 1. The van der Waals surface area contributed by atoms with Gasteiger partial charge in [0.05, 0.1) is 15.2 Å². The zero-order valence-electron chi connectivity index (χ0n) is 14.5. The van der Waals surface area contributed by atoms with Crippen LogP contribution in [0.2, 0.25) is 10.0 Å². The lowest BCUT2D eigenvalue weighted by atomic mass is 10.1. The van der Waals surface area contributed by atoms with Crippen molar-refractivity contribution in [2.24, 2.45) is 0 Å². The number of rotatable bonds is 5. The Morgan fingerprint density at radius 2 is 1.74 bits per heavy atom. The van der Waals surface area contributed by atoms with Gasteiger partial charge >= 0.3 is 0 Å². The van der Waals surface area contributed by atoms with Crippen molar-refractivity contribution in [3.63, 3.8) is 0 Å². The highest BCUT2D eigenvalue weighted by Gasteiger charge is 2.32. The molecule has 0 radical (unpaired) electrons. The molecule has 2 aromatic carbocycles. The maximum atomic E-state index is 12.7. The van der Waals surface area contributed by atoms with Crippen molar-refractivity contribution < 1.29 is 17.9 Å². The molecule has 1 aliphatic rings. The van der Waals surface area contributed by atoms with Gasteiger partial charge in [-0.05, 0) is 43.2 Å². The second-order valence-corrected chi connectivity index (χ2v) is 9.37. The molecule has 144 valence electrons. The Labute approximate surface area is 168 Å². The molecule has 0 aromatic heterocycles. The summed E-state index contributed by atoms with van der Waals surface area (Å²) in [4.78, 5) is 14.3. The molecule has 0 spiro atoms. The lowest BCUT2D eigenvalue weighted by Crippen LogP contribution is -2.44. The summed E-state index contributed by atoms with van der Waals surface area (Å²) < 4.78 is 30.8. The molecule has 27 heavy (non-hydrogen) atoms. The highest BCUT2D eigenvalue weighted by molar-refractivity contribution is 7.92. The van der Waals surface area contributed by atoms with Crippen molar-refractivity contribution in [1.29, 1.82) is 0 Å². The minimum atomic E-state index is -3.38. The molecule has 0 saturated carbocycles. The summed E-state index contributed by atoms with van der Waals surface area (Å²) in [7, 11) is -3.38. The quantitative estimate of drug-likeness (QED) is 0.726. The van der Waals surface area contributed by atoms with Crippen LogP contribution < -0.4 is 4.74 Å². The average molecular weight is 428 g/mol. The number of sulfone groups is 1. The van der Waals surface area contributed by atoms with Gasteiger partial charge in [0.1, 0.15) is 5.75 Å². The van der Waals surface area contributed by atoms with Crippen molar-refractivity contribution in [3.05, 3.63) is 58.6 Å². The van der Waals surface area contributed by atoms with Crippen LogP contribution >= 0.6 is 23.2 Å². The number of halogens is 2. The third-order valence-corrected chi connectivity index (χ3v) is 7.36. The fraction of sp³-hybridized carbons (Fsp3) is 0.316. The number of amides is 1. The number of carbonyl (C=O) groups excluding carboxylic acids is 1. The fourth-order valence-electron chi connectivity index (χ4n) is 3.04. The monoisotopic (exact) mass is 427 g/mol. The highest BCUT2D eigenvalue weighted by Crippen LogP contribution is 2.28. The third kappa shape index (κ3) is 4.75. The number of hydrogen-bond donors (Lipinski definition) is 0. The zero-order chi connectivity index (χ0) is 19.4. The fourth-order valence-corrected chi connectivity index (χ4v) is 5.26. The largest absolute Gasteiger partial charge is 0.482 e. The van der Waals surface area contributed by atoms with Crippen LogP contribution in [0, 0.1) is 0 Å². The second kappa shape index (κ2) is 8.50. The van der Waals surface area contributed by atoms with E-state index in [4.69, 9.17) is 27.9 Å². The van der Waals surface area contributed by atoms with E-state index in [0.717, 1.165) is 0 Å².